The van der Waals surface area contributed by atoms with E-state index >= 15 is 0 Å². The average Bonchev–Trinajstić information content (AvgIpc) is 2.94. The van der Waals surface area contributed by atoms with Gasteiger partial charge in [0, 0.05) is 12.6 Å². The molecule has 0 bridgehead atoms. The average molecular weight is 313 g/mol. The maximum atomic E-state index is 13.8. The predicted molar refractivity (Wildman–Crippen MR) is 74.4 cm³/mol. The van der Waals surface area contributed by atoms with Crippen LogP contribution in [0.25, 0.3) is 0 Å². The molecule has 1 aromatic heterocycles. The molecule has 0 saturated heterocycles. The van der Waals surface area contributed by atoms with Gasteiger partial charge in [0.05, 0.1) is 24.3 Å². The van der Waals surface area contributed by atoms with Gasteiger partial charge in [0.15, 0.2) is 0 Å². The van der Waals surface area contributed by atoms with Gasteiger partial charge in [-0.3, -0.25) is 0 Å². The highest BCUT2D eigenvalue weighted by molar-refractivity contribution is 7.89. The first-order valence-electron chi connectivity index (χ1n) is 6.25. The van der Waals surface area contributed by atoms with Gasteiger partial charge in [-0.05, 0) is 36.8 Å². The number of hydrogen-bond acceptors (Lipinski definition) is 4. The smallest absolute Gasteiger partial charge is 0.243 e. The van der Waals surface area contributed by atoms with Crippen LogP contribution in [0.5, 0.6) is 0 Å². The van der Waals surface area contributed by atoms with Crippen LogP contribution in [0.4, 0.5) is 4.39 Å². The molecule has 0 radical (unpaired) electrons. The van der Waals surface area contributed by atoms with Gasteiger partial charge in [-0.15, -0.1) is 0 Å². The highest BCUT2D eigenvalue weighted by Gasteiger charge is 2.25. The Hall–Kier alpha value is -1.70. The Morgan fingerprint density at radius 2 is 2.10 bits per heavy atom. The fraction of sp³-hybridized carbons (Fsp3) is 0.286. The molecule has 2 aromatic rings. The first kappa shape index (κ1) is 15.7. The summed E-state index contributed by atoms with van der Waals surface area (Å²) < 4.78 is 45.0. The molecule has 0 aliphatic carbocycles. The summed E-state index contributed by atoms with van der Waals surface area (Å²) in [4.78, 5) is -0.152. The number of halogens is 1. The first-order chi connectivity index (χ1) is 9.86. The second-order valence-corrected chi connectivity index (χ2v) is 6.71. The summed E-state index contributed by atoms with van der Waals surface area (Å²) >= 11 is 0. The zero-order valence-corrected chi connectivity index (χ0v) is 12.5. The molecule has 0 amide bonds. The molecule has 0 unspecified atom stereocenters. The zero-order chi connectivity index (χ0) is 15.6. The molecule has 114 valence electrons. The van der Waals surface area contributed by atoms with Crippen LogP contribution in [0.2, 0.25) is 0 Å². The van der Waals surface area contributed by atoms with Gasteiger partial charge < -0.3 is 9.52 Å². The number of nitrogens with zero attached hydrogens (tertiary/aromatic N) is 1. The molecule has 1 aromatic carbocycles. The zero-order valence-electron chi connectivity index (χ0n) is 11.7. The topological polar surface area (TPSA) is 70.8 Å². The van der Waals surface area contributed by atoms with Gasteiger partial charge in [-0.2, -0.15) is 4.31 Å². The number of hydrogen-bond donors (Lipinski definition) is 1. The van der Waals surface area contributed by atoms with Crippen molar-refractivity contribution in [2.75, 3.05) is 7.05 Å². The molecule has 0 aliphatic heterocycles. The van der Waals surface area contributed by atoms with E-state index in [0.29, 0.717) is 5.76 Å². The number of furan rings is 1. The number of benzene rings is 1. The summed E-state index contributed by atoms with van der Waals surface area (Å²) in [6, 6.07) is 5.73. The molecule has 5 nitrogen and oxygen atoms in total. The highest BCUT2D eigenvalue weighted by Crippen LogP contribution is 2.24. The minimum atomic E-state index is -3.88. The molecule has 0 spiro atoms. The lowest BCUT2D eigenvalue weighted by molar-refractivity contribution is 0.280. The van der Waals surface area contributed by atoms with Crippen LogP contribution in [-0.4, -0.2) is 24.9 Å². The van der Waals surface area contributed by atoms with Crippen LogP contribution in [0, 0.1) is 12.7 Å². The van der Waals surface area contributed by atoms with Crippen molar-refractivity contribution >= 4 is 10.0 Å². The normalized spacial score (nSPS) is 12.0. The van der Waals surface area contributed by atoms with Crippen molar-refractivity contribution < 1.29 is 22.3 Å². The minimum Gasteiger partial charge on any atom is -0.468 e. The van der Waals surface area contributed by atoms with E-state index in [1.807, 2.05) is 0 Å². The number of aliphatic hydroxyl groups excluding tert-OH is 1. The minimum absolute atomic E-state index is 0.0264. The largest absolute Gasteiger partial charge is 0.468 e. The Morgan fingerprint density at radius 1 is 1.38 bits per heavy atom. The van der Waals surface area contributed by atoms with Crippen LogP contribution < -0.4 is 0 Å². The molecule has 0 aliphatic rings. The van der Waals surface area contributed by atoms with E-state index in [1.54, 1.807) is 12.1 Å². The number of aliphatic hydroxyl groups is 1. The second-order valence-electron chi connectivity index (χ2n) is 4.70. The van der Waals surface area contributed by atoms with Gasteiger partial charge in [0.1, 0.15) is 11.6 Å². The van der Waals surface area contributed by atoms with E-state index < -0.39 is 22.4 Å². The second kappa shape index (κ2) is 5.97. The van der Waals surface area contributed by atoms with E-state index in [9.17, 15) is 12.8 Å². The molecule has 7 heteroatoms. The van der Waals surface area contributed by atoms with Crippen molar-refractivity contribution in [3.8, 4) is 0 Å². The van der Waals surface area contributed by atoms with Crippen molar-refractivity contribution in [3.05, 3.63) is 53.2 Å². The quantitative estimate of drug-likeness (QED) is 0.917. The molecular weight excluding hydrogens is 297 g/mol. The third-order valence-electron chi connectivity index (χ3n) is 3.19. The van der Waals surface area contributed by atoms with E-state index in [-0.39, 0.29) is 22.6 Å². The van der Waals surface area contributed by atoms with Crippen LogP contribution in [0.1, 0.15) is 16.9 Å². The van der Waals surface area contributed by atoms with Gasteiger partial charge in [-0.1, -0.05) is 0 Å². The molecule has 1 heterocycles. The molecule has 0 fully saturated rings. The number of rotatable bonds is 5. The Bertz CT molecular complexity index is 726. The van der Waals surface area contributed by atoms with Crippen LogP contribution in [-0.2, 0) is 23.2 Å². The Balaban J connectivity index is 2.41. The third kappa shape index (κ3) is 3.15. The fourth-order valence-electron chi connectivity index (χ4n) is 1.94. The van der Waals surface area contributed by atoms with Crippen molar-refractivity contribution in [3.63, 3.8) is 0 Å². The monoisotopic (exact) mass is 313 g/mol. The summed E-state index contributed by atoms with van der Waals surface area (Å²) in [7, 11) is -2.49. The summed E-state index contributed by atoms with van der Waals surface area (Å²) in [5.41, 5.74) is 0.238. The van der Waals surface area contributed by atoms with Gasteiger partial charge >= 0.3 is 0 Å². The summed E-state index contributed by atoms with van der Waals surface area (Å²) in [6.07, 6.45) is 1.45. The Kier molecular flexibility index (Phi) is 4.46. The maximum Gasteiger partial charge on any atom is 0.243 e. The lowest BCUT2D eigenvalue weighted by Crippen LogP contribution is -2.27. The van der Waals surface area contributed by atoms with Crippen molar-refractivity contribution in [1.82, 2.24) is 4.31 Å². The van der Waals surface area contributed by atoms with Crippen LogP contribution in [0.15, 0.2) is 39.8 Å². The molecule has 1 N–H and O–H groups in total. The van der Waals surface area contributed by atoms with Gasteiger partial charge in [0.2, 0.25) is 10.0 Å². The molecule has 21 heavy (non-hydrogen) atoms. The van der Waals surface area contributed by atoms with Crippen LogP contribution in [0.3, 0.4) is 0 Å². The SMILES string of the molecule is Cc1c(F)cc(CO)cc1S(=O)(=O)N(C)Cc1ccco1. The molecule has 2 rings (SSSR count). The predicted octanol–water partition coefficient (Wildman–Crippen LogP) is 2.04. The van der Waals surface area contributed by atoms with Crippen molar-refractivity contribution in [2.24, 2.45) is 0 Å². The standard InChI is InChI=1S/C14H16FNO4S/c1-10-13(15)6-11(9-17)7-14(10)21(18,19)16(2)8-12-4-3-5-20-12/h3-7,17H,8-9H2,1-2H3. The number of sulfonamides is 1. The summed E-state index contributed by atoms with van der Waals surface area (Å²) in [6.45, 7) is 1.01. The van der Waals surface area contributed by atoms with E-state index in [2.05, 4.69) is 0 Å². The fourth-order valence-corrected chi connectivity index (χ4v) is 3.36. The molecule has 0 saturated carbocycles. The third-order valence-corrected chi connectivity index (χ3v) is 5.12. The van der Waals surface area contributed by atoms with E-state index in [1.165, 1.54) is 26.3 Å². The van der Waals surface area contributed by atoms with E-state index in [4.69, 9.17) is 9.52 Å². The van der Waals surface area contributed by atoms with Crippen LogP contribution >= 0.6 is 0 Å². The first-order valence-corrected chi connectivity index (χ1v) is 7.69. The summed E-state index contributed by atoms with van der Waals surface area (Å²) in [5, 5.41) is 9.10. The molecular formula is C14H16FNO4S. The summed E-state index contributed by atoms with van der Waals surface area (Å²) in [5.74, 6) is -0.177. The Labute approximate surface area is 122 Å². The van der Waals surface area contributed by atoms with Gasteiger partial charge in [-0.25, -0.2) is 12.8 Å². The van der Waals surface area contributed by atoms with Crippen molar-refractivity contribution in [2.45, 2.75) is 25.0 Å². The van der Waals surface area contributed by atoms with Gasteiger partial charge in [0.25, 0.3) is 0 Å². The lowest BCUT2D eigenvalue weighted by atomic mass is 10.1. The van der Waals surface area contributed by atoms with E-state index in [0.717, 1.165) is 10.4 Å². The maximum absolute atomic E-state index is 13.8. The highest BCUT2D eigenvalue weighted by atomic mass is 32.2. The molecule has 0 atom stereocenters. The lowest BCUT2D eigenvalue weighted by Gasteiger charge is -2.18. The van der Waals surface area contributed by atoms with Crippen molar-refractivity contribution in [1.29, 1.82) is 0 Å². The Morgan fingerprint density at radius 3 is 2.67 bits per heavy atom.